The molecule has 0 aliphatic carbocycles. The fourth-order valence-corrected chi connectivity index (χ4v) is 2.73. The standard InChI is InChI=1S/C20H20ClF3N2O3/c1-4-29-18(28)19(20(22,23)24,25-16-9-8-12(2)13(3)10-16)26-17(27)14-6-5-7-15(21)11-14/h5-11,25H,4H2,1-3H3,(H,26,27). The topological polar surface area (TPSA) is 67.4 Å². The van der Waals surface area contributed by atoms with Crippen LogP contribution in [0, 0.1) is 13.8 Å². The van der Waals surface area contributed by atoms with Crippen molar-refractivity contribution in [2.24, 2.45) is 0 Å². The molecule has 0 aliphatic rings. The molecule has 29 heavy (non-hydrogen) atoms. The minimum Gasteiger partial charge on any atom is -0.463 e. The van der Waals surface area contributed by atoms with Gasteiger partial charge in [-0.2, -0.15) is 13.2 Å². The van der Waals surface area contributed by atoms with Crippen LogP contribution in [0.1, 0.15) is 28.4 Å². The highest BCUT2D eigenvalue weighted by Crippen LogP contribution is 2.34. The molecule has 0 bridgehead atoms. The summed E-state index contributed by atoms with van der Waals surface area (Å²) in [6.07, 6.45) is -5.22. The predicted molar refractivity (Wildman–Crippen MR) is 104 cm³/mol. The first-order valence-electron chi connectivity index (χ1n) is 8.67. The molecule has 2 aromatic carbocycles. The van der Waals surface area contributed by atoms with Crippen molar-refractivity contribution in [3.8, 4) is 0 Å². The first kappa shape index (κ1) is 22.5. The molecule has 0 radical (unpaired) electrons. The van der Waals surface area contributed by atoms with Crippen molar-refractivity contribution in [1.29, 1.82) is 0 Å². The van der Waals surface area contributed by atoms with Gasteiger partial charge < -0.3 is 15.4 Å². The van der Waals surface area contributed by atoms with Crippen molar-refractivity contribution in [3.63, 3.8) is 0 Å². The van der Waals surface area contributed by atoms with Gasteiger partial charge in [-0.05, 0) is 62.2 Å². The molecule has 1 atom stereocenters. The number of hydrogen-bond acceptors (Lipinski definition) is 4. The Hall–Kier alpha value is -2.74. The van der Waals surface area contributed by atoms with E-state index in [-0.39, 0.29) is 22.9 Å². The summed E-state index contributed by atoms with van der Waals surface area (Å²) in [5.41, 5.74) is -2.09. The lowest BCUT2D eigenvalue weighted by molar-refractivity contribution is -0.204. The Labute approximate surface area is 171 Å². The zero-order chi connectivity index (χ0) is 21.8. The van der Waals surface area contributed by atoms with E-state index in [1.54, 1.807) is 25.2 Å². The third kappa shape index (κ3) is 5.00. The third-order valence-corrected chi connectivity index (χ3v) is 4.47. The van der Waals surface area contributed by atoms with E-state index < -0.39 is 23.7 Å². The zero-order valence-corrected chi connectivity index (χ0v) is 16.7. The minimum absolute atomic E-state index is 0.00938. The maximum atomic E-state index is 14.2. The van der Waals surface area contributed by atoms with Crippen LogP contribution in [-0.4, -0.2) is 30.3 Å². The molecule has 0 aliphatic heterocycles. The van der Waals surface area contributed by atoms with Gasteiger partial charge in [0.05, 0.1) is 6.61 Å². The molecule has 0 aromatic heterocycles. The second-order valence-corrected chi connectivity index (χ2v) is 6.79. The highest BCUT2D eigenvalue weighted by molar-refractivity contribution is 6.31. The number of halogens is 4. The van der Waals surface area contributed by atoms with Crippen LogP contribution in [-0.2, 0) is 9.53 Å². The predicted octanol–water partition coefficient (Wildman–Crippen LogP) is 4.62. The molecule has 0 saturated heterocycles. The molecule has 0 spiro atoms. The lowest BCUT2D eigenvalue weighted by atomic mass is 10.1. The number of hydrogen-bond donors (Lipinski definition) is 2. The number of carbonyl (C=O) groups is 2. The van der Waals surface area contributed by atoms with Crippen LogP contribution in [0.2, 0.25) is 5.02 Å². The minimum atomic E-state index is -5.22. The van der Waals surface area contributed by atoms with Crippen LogP contribution in [0.5, 0.6) is 0 Å². The number of anilines is 1. The molecule has 156 valence electrons. The molecule has 2 aromatic rings. The third-order valence-electron chi connectivity index (χ3n) is 4.23. The maximum absolute atomic E-state index is 14.2. The Morgan fingerprint density at radius 3 is 2.31 bits per heavy atom. The Morgan fingerprint density at radius 2 is 1.76 bits per heavy atom. The Kier molecular flexibility index (Phi) is 6.79. The number of rotatable bonds is 6. The quantitative estimate of drug-likeness (QED) is 0.520. The molecule has 1 unspecified atom stereocenters. The first-order valence-corrected chi connectivity index (χ1v) is 9.05. The van der Waals surface area contributed by atoms with E-state index in [2.05, 4.69) is 10.1 Å². The molecule has 0 saturated carbocycles. The number of benzene rings is 2. The number of carbonyl (C=O) groups excluding carboxylic acids is 2. The number of esters is 1. The van der Waals surface area contributed by atoms with E-state index in [9.17, 15) is 22.8 Å². The highest BCUT2D eigenvalue weighted by Gasteiger charge is 2.63. The van der Waals surface area contributed by atoms with Gasteiger partial charge >= 0.3 is 17.8 Å². The summed E-state index contributed by atoms with van der Waals surface area (Å²) in [4.78, 5) is 25.0. The average Bonchev–Trinajstić information content (AvgIpc) is 2.63. The lowest BCUT2D eigenvalue weighted by Gasteiger charge is -2.35. The van der Waals surface area contributed by atoms with E-state index in [0.29, 0.717) is 5.56 Å². The molecular formula is C20H20ClF3N2O3. The van der Waals surface area contributed by atoms with Gasteiger partial charge in [0.25, 0.3) is 5.91 Å². The van der Waals surface area contributed by atoms with Crippen LogP contribution < -0.4 is 10.6 Å². The summed E-state index contributed by atoms with van der Waals surface area (Å²) in [5.74, 6) is -2.82. The van der Waals surface area contributed by atoms with Crippen molar-refractivity contribution in [3.05, 3.63) is 64.2 Å². The Balaban J connectivity index is 2.54. The van der Waals surface area contributed by atoms with E-state index >= 15 is 0 Å². The smallest absolute Gasteiger partial charge is 0.441 e. The van der Waals surface area contributed by atoms with Crippen molar-refractivity contribution >= 4 is 29.2 Å². The average molecular weight is 429 g/mol. The lowest BCUT2D eigenvalue weighted by Crippen LogP contribution is -2.69. The van der Waals surface area contributed by atoms with Crippen LogP contribution in [0.15, 0.2) is 42.5 Å². The summed E-state index contributed by atoms with van der Waals surface area (Å²) in [7, 11) is 0. The van der Waals surface area contributed by atoms with Gasteiger partial charge in [0.2, 0.25) is 0 Å². The molecule has 0 fully saturated rings. The molecule has 9 heteroatoms. The van der Waals surface area contributed by atoms with E-state index in [4.69, 9.17) is 11.6 Å². The number of aryl methyl sites for hydroxylation is 2. The van der Waals surface area contributed by atoms with Gasteiger partial charge in [-0.3, -0.25) is 4.79 Å². The summed E-state index contributed by atoms with van der Waals surface area (Å²) >= 11 is 5.81. The van der Waals surface area contributed by atoms with Gasteiger partial charge in [-0.25, -0.2) is 4.79 Å². The molecule has 1 amide bonds. The second kappa shape index (κ2) is 8.73. The molecule has 2 N–H and O–H groups in total. The normalized spacial score (nSPS) is 13.3. The SMILES string of the molecule is CCOC(=O)C(NC(=O)c1cccc(Cl)c1)(Nc1ccc(C)c(C)c1)C(F)(F)F. The first-order chi connectivity index (χ1) is 13.5. The second-order valence-electron chi connectivity index (χ2n) is 6.36. The van der Waals surface area contributed by atoms with Crippen molar-refractivity contribution in [2.75, 3.05) is 11.9 Å². The van der Waals surface area contributed by atoms with Crippen LogP contribution in [0.25, 0.3) is 0 Å². The zero-order valence-electron chi connectivity index (χ0n) is 16.0. The number of alkyl halides is 3. The van der Waals surface area contributed by atoms with Crippen LogP contribution in [0.3, 0.4) is 0 Å². The van der Waals surface area contributed by atoms with Gasteiger partial charge in [-0.15, -0.1) is 0 Å². The molecule has 5 nitrogen and oxygen atoms in total. The fourth-order valence-electron chi connectivity index (χ4n) is 2.54. The largest absolute Gasteiger partial charge is 0.463 e. The monoisotopic (exact) mass is 428 g/mol. The van der Waals surface area contributed by atoms with Gasteiger partial charge in [0.1, 0.15) is 0 Å². The van der Waals surface area contributed by atoms with Crippen LogP contribution >= 0.6 is 11.6 Å². The van der Waals surface area contributed by atoms with E-state index in [1.807, 2.05) is 0 Å². The maximum Gasteiger partial charge on any atom is 0.441 e. The van der Waals surface area contributed by atoms with Gasteiger partial charge in [-0.1, -0.05) is 23.7 Å². The van der Waals surface area contributed by atoms with Crippen LogP contribution in [0.4, 0.5) is 18.9 Å². The molecular weight excluding hydrogens is 409 g/mol. The van der Waals surface area contributed by atoms with Crippen molar-refractivity contribution < 1.29 is 27.5 Å². The molecule has 0 heterocycles. The van der Waals surface area contributed by atoms with Crippen molar-refractivity contribution in [1.82, 2.24) is 5.32 Å². The van der Waals surface area contributed by atoms with Gasteiger partial charge in [0, 0.05) is 16.3 Å². The van der Waals surface area contributed by atoms with E-state index in [0.717, 1.165) is 5.56 Å². The Morgan fingerprint density at radius 1 is 1.07 bits per heavy atom. The van der Waals surface area contributed by atoms with E-state index in [1.165, 1.54) is 43.3 Å². The number of nitrogens with one attached hydrogen (secondary N) is 2. The Bertz CT molecular complexity index is 918. The highest BCUT2D eigenvalue weighted by atomic mass is 35.5. The summed E-state index contributed by atoms with van der Waals surface area (Å²) in [6, 6.07) is 9.78. The fraction of sp³-hybridized carbons (Fsp3) is 0.300. The number of ether oxygens (including phenoxy) is 1. The molecule has 2 rings (SSSR count). The number of amides is 1. The summed E-state index contributed by atoms with van der Waals surface area (Å²) in [6.45, 7) is 4.57. The van der Waals surface area contributed by atoms with Gasteiger partial charge in [0.15, 0.2) is 0 Å². The van der Waals surface area contributed by atoms with Crippen molar-refractivity contribution in [2.45, 2.75) is 32.6 Å². The summed E-state index contributed by atoms with van der Waals surface area (Å²) in [5, 5.41) is 4.07. The summed E-state index contributed by atoms with van der Waals surface area (Å²) < 4.78 is 47.2.